The average Bonchev–Trinajstić information content (AvgIpc) is 2.74. The smallest absolute Gasteiger partial charge is 0.416 e. The van der Waals surface area contributed by atoms with Gasteiger partial charge in [-0.15, -0.1) is 11.8 Å². The summed E-state index contributed by atoms with van der Waals surface area (Å²) in [6, 6.07) is 19.0. The van der Waals surface area contributed by atoms with Crippen LogP contribution in [0.15, 0.2) is 83.8 Å². The van der Waals surface area contributed by atoms with Crippen molar-refractivity contribution in [2.75, 3.05) is 5.75 Å². The Morgan fingerprint density at radius 2 is 1.33 bits per heavy atom. The van der Waals surface area contributed by atoms with Crippen molar-refractivity contribution in [2.45, 2.75) is 11.1 Å². The summed E-state index contributed by atoms with van der Waals surface area (Å²) in [4.78, 5) is 25.3. The minimum atomic E-state index is -4.50. The summed E-state index contributed by atoms with van der Waals surface area (Å²) in [6.45, 7) is 0. The van der Waals surface area contributed by atoms with E-state index in [-0.39, 0.29) is 22.8 Å². The highest BCUT2D eigenvalue weighted by atomic mass is 32.2. The van der Waals surface area contributed by atoms with Crippen molar-refractivity contribution in [3.05, 3.63) is 90.0 Å². The molecule has 0 unspecified atom stereocenters. The number of ether oxygens (including phenoxy) is 2. The van der Waals surface area contributed by atoms with Crippen molar-refractivity contribution < 1.29 is 32.2 Å². The van der Waals surface area contributed by atoms with E-state index in [0.29, 0.717) is 0 Å². The molecule has 0 aliphatic rings. The van der Waals surface area contributed by atoms with Crippen molar-refractivity contribution >= 4 is 23.7 Å². The molecular weight excluding hydrogens is 417 g/mol. The Bertz CT molecular complexity index is 1020. The van der Waals surface area contributed by atoms with Crippen LogP contribution in [0.4, 0.5) is 13.2 Å². The number of alkyl halides is 3. The summed E-state index contributed by atoms with van der Waals surface area (Å²) >= 11 is 1.29. The molecular formula is C22H15F3O4S. The van der Waals surface area contributed by atoms with Gasteiger partial charge in [0.05, 0.1) is 16.9 Å². The molecule has 0 bridgehead atoms. The van der Waals surface area contributed by atoms with Gasteiger partial charge < -0.3 is 9.47 Å². The van der Waals surface area contributed by atoms with Crippen molar-refractivity contribution in [1.82, 2.24) is 0 Å². The zero-order valence-electron chi connectivity index (χ0n) is 15.4. The maximum atomic E-state index is 12.6. The number of esters is 2. The molecule has 0 atom stereocenters. The molecule has 0 heterocycles. The third kappa shape index (κ3) is 5.87. The molecule has 0 aliphatic heterocycles. The Balaban J connectivity index is 1.64. The first-order chi connectivity index (χ1) is 14.3. The van der Waals surface area contributed by atoms with E-state index in [2.05, 4.69) is 0 Å². The fraction of sp³-hybridized carbons (Fsp3) is 0.0909. The largest absolute Gasteiger partial charge is 0.422 e. The lowest BCUT2D eigenvalue weighted by molar-refractivity contribution is -0.137. The summed E-state index contributed by atoms with van der Waals surface area (Å²) in [5, 5.41) is 0. The van der Waals surface area contributed by atoms with Crippen LogP contribution in [0.1, 0.15) is 15.9 Å². The number of thioether (sulfide) groups is 1. The van der Waals surface area contributed by atoms with Crippen molar-refractivity contribution in [3.63, 3.8) is 0 Å². The minimum Gasteiger partial charge on any atom is -0.422 e. The van der Waals surface area contributed by atoms with Crippen LogP contribution in [-0.2, 0) is 11.0 Å². The summed E-state index contributed by atoms with van der Waals surface area (Å²) in [7, 11) is 0. The Morgan fingerprint density at radius 1 is 0.767 bits per heavy atom. The van der Waals surface area contributed by atoms with Crippen LogP contribution >= 0.6 is 11.8 Å². The zero-order chi connectivity index (χ0) is 21.6. The fourth-order valence-electron chi connectivity index (χ4n) is 2.38. The third-order valence-corrected chi connectivity index (χ3v) is 4.81. The number of carbonyl (C=O) groups excluding carboxylic acids is 2. The summed E-state index contributed by atoms with van der Waals surface area (Å²) in [5.74, 6) is -1.34. The SMILES string of the molecule is O=C(CSc1ccccc1)Oc1ccccc1OC(=O)c1ccc(C(F)(F)F)cc1. The molecule has 0 aliphatic carbocycles. The van der Waals surface area contributed by atoms with Crippen molar-refractivity contribution in [3.8, 4) is 11.5 Å². The maximum absolute atomic E-state index is 12.6. The summed E-state index contributed by atoms with van der Waals surface area (Å²) < 4.78 is 48.4. The van der Waals surface area contributed by atoms with Crippen LogP contribution < -0.4 is 9.47 Å². The standard InChI is InChI=1S/C22H15F3O4S/c23-22(24,25)16-12-10-15(11-13-16)21(27)29-19-9-5-4-8-18(19)28-20(26)14-30-17-6-2-1-3-7-17/h1-13H,14H2. The van der Waals surface area contributed by atoms with Gasteiger partial charge in [0.25, 0.3) is 0 Å². The number of para-hydroxylation sites is 2. The second-order valence-corrected chi connectivity index (χ2v) is 7.04. The van der Waals surface area contributed by atoms with Gasteiger partial charge in [0.1, 0.15) is 0 Å². The van der Waals surface area contributed by atoms with Crippen molar-refractivity contribution in [2.24, 2.45) is 0 Å². The topological polar surface area (TPSA) is 52.6 Å². The first kappa shape index (κ1) is 21.4. The van der Waals surface area contributed by atoms with Gasteiger partial charge in [-0.3, -0.25) is 4.79 Å². The number of rotatable bonds is 6. The molecule has 3 rings (SSSR count). The minimum absolute atomic E-state index is 0.0135. The highest BCUT2D eigenvalue weighted by molar-refractivity contribution is 8.00. The summed E-state index contributed by atoms with van der Waals surface area (Å²) in [5.41, 5.74) is -0.937. The molecule has 0 aromatic heterocycles. The van der Waals surface area contributed by atoms with E-state index in [1.807, 2.05) is 30.3 Å². The molecule has 0 N–H and O–H groups in total. The van der Waals surface area contributed by atoms with Gasteiger partial charge in [0.15, 0.2) is 11.5 Å². The van der Waals surface area contributed by atoms with E-state index in [4.69, 9.17) is 9.47 Å². The van der Waals surface area contributed by atoms with E-state index >= 15 is 0 Å². The number of benzene rings is 3. The van der Waals surface area contributed by atoms with Gasteiger partial charge >= 0.3 is 18.1 Å². The molecule has 3 aromatic rings. The van der Waals surface area contributed by atoms with Crippen LogP contribution in [0.25, 0.3) is 0 Å². The Hall–Kier alpha value is -3.26. The number of hydrogen-bond donors (Lipinski definition) is 0. The molecule has 0 saturated carbocycles. The Morgan fingerprint density at radius 3 is 1.93 bits per heavy atom. The van der Waals surface area contributed by atoms with Crippen LogP contribution in [0.2, 0.25) is 0 Å². The molecule has 8 heteroatoms. The average molecular weight is 432 g/mol. The second-order valence-electron chi connectivity index (χ2n) is 5.99. The van der Waals surface area contributed by atoms with E-state index in [9.17, 15) is 22.8 Å². The van der Waals surface area contributed by atoms with Crippen LogP contribution in [-0.4, -0.2) is 17.7 Å². The number of carbonyl (C=O) groups is 2. The van der Waals surface area contributed by atoms with E-state index in [1.165, 1.54) is 23.9 Å². The van der Waals surface area contributed by atoms with E-state index in [0.717, 1.165) is 29.2 Å². The van der Waals surface area contributed by atoms with Crippen LogP contribution in [0.3, 0.4) is 0 Å². The lowest BCUT2D eigenvalue weighted by Gasteiger charge is -2.11. The molecule has 30 heavy (non-hydrogen) atoms. The molecule has 4 nitrogen and oxygen atoms in total. The van der Waals surface area contributed by atoms with E-state index in [1.54, 1.807) is 12.1 Å². The third-order valence-electron chi connectivity index (χ3n) is 3.82. The lowest BCUT2D eigenvalue weighted by Crippen LogP contribution is -2.14. The Kier molecular flexibility index (Phi) is 6.79. The molecule has 0 amide bonds. The quantitative estimate of drug-likeness (QED) is 0.287. The van der Waals surface area contributed by atoms with Gasteiger partial charge in [-0.25, -0.2) is 4.79 Å². The first-order valence-electron chi connectivity index (χ1n) is 8.70. The molecule has 0 radical (unpaired) electrons. The lowest BCUT2D eigenvalue weighted by atomic mass is 10.1. The molecule has 0 fully saturated rings. The van der Waals surface area contributed by atoms with Crippen LogP contribution in [0, 0.1) is 0 Å². The highest BCUT2D eigenvalue weighted by Crippen LogP contribution is 2.30. The monoisotopic (exact) mass is 432 g/mol. The highest BCUT2D eigenvalue weighted by Gasteiger charge is 2.30. The van der Waals surface area contributed by atoms with Gasteiger partial charge in [0, 0.05) is 4.90 Å². The predicted octanol–water partition coefficient (Wildman–Crippen LogP) is 5.62. The van der Waals surface area contributed by atoms with Crippen molar-refractivity contribution in [1.29, 1.82) is 0 Å². The zero-order valence-corrected chi connectivity index (χ0v) is 16.2. The van der Waals surface area contributed by atoms with Gasteiger partial charge in [-0.05, 0) is 48.5 Å². The molecule has 3 aromatic carbocycles. The Labute approximate surface area is 174 Å². The fourth-order valence-corrected chi connectivity index (χ4v) is 3.08. The van der Waals surface area contributed by atoms with Gasteiger partial charge in [-0.1, -0.05) is 30.3 Å². The maximum Gasteiger partial charge on any atom is 0.416 e. The van der Waals surface area contributed by atoms with Gasteiger partial charge in [-0.2, -0.15) is 13.2 Å². The molecule has 0 saturated heterocycles. The number of halogens is 3. The van der Waals surface area contributed by atoms with E-state index < -0.39 is 23.7 Å². The summed E-state index contributed by atoms with van der Waals surface area (Å²) in [6.07, 6.45) is -4.50. The number of hydrogen-bond acceptors (Lipinski definition) is 5. The normalized spacial score (nSPS) is 11.0. The van der Waals surface area contributed by atoms with Crippen LogP contribution in [0.5, 0.6) is 11.5 Å². The molecule has 154 valence electrons. The predicted molar refractivity (Wildman–Crippen MR) is 106 cm³/mol. The second kappa shape index (κ2) is 9.49. The molecule has 0 spiro atoms. The van der Waals surface area contributed by atoms with Gasteiger partial charge in [0.2, 0.25) is 0 Å². The first-order valence-corrected chi connectivity index (χ1v) is 9.68.